The summed E-state index contributed by atoms with van der Waals surface area (Å²) in [6, 6.07) is 0.755. The third-order valence-electron chi connectivity index (χ3n) is 2.00. The molecule has 1 aromatic carbocycles. The van der Waals surface area contributed by atoms with Crippen LogP contribution in [-0.2, 0) is 0 Å². The SMILES string of the molecule is N#Cc1c(N)ccc([C@H](N)C(F)(F)F)c1F. The Balaban J connectivity index is 3.34. The number of hydrogen-bond acceptors (Lipinski definition) is 3. The van der Waals surface area contributed by atoms with Crippen LogP contribution in [0, 0.1) is 17.1 Å². The first-order valence-electron chi connectivity index (χ1n) is 4.09. The zero-order valence-electron chi connectivity index (χ0n) is 7.85. The first-order valence-corrected chi connectivity index (χ1v) is 4.09. The quantitative estimate of drug-likeness (QED) is 0.574. The average Bonchev–Trinajstić information content (AvgIpc) is 2.16. The van der Waals surface area contributed by atoms with E-state index in [0.29, 0.717) is 0 Å². The van der Waals surface area contributed by atoms with E-state index in [2.05, 4.69) is 0 Å². The molecule has 86 valence electrons. The Morgan fingerprint density at radius 2 is 1.88 bits per heavy atom. The van der Waals surface area contributed by atoms with Crippen LogP contribution in [0.15, 0.2) is 12.1 Å². The molecule has 0 saturated heterocycles. The molecule has 16 heavy (non-hydrogen) atoms. The van der Waals surface area contributed by atoms with E-state index in [0.717, 1.165) is 12.1 Å². The standard InChI is InChI=1S/C9H7F4N3/c10-7-4(8(16)9(11,12)13)1-2-6(15)5(7)3-14/h1-2,8H,15-16H2/t8-/m0/s1. The fourth-order valence-electron chi connectivity index (χ4n) is 1.14. The van der Waals surface area contributed by atoms with E-state index in [4.69, 9.17) is 16.7 Å². The number of hydrogen-bond donors (Lipinski definition) is 2. The molecular weight excluding hydrogens is 226 g/mol. The van der Waals surface area contributed by atoms with E-state index >= 15 is 0 Å². The summed E-state index contributed by atoms with van der Waals surface area (Å²) in [6.07, 6.45) is -4.77. The van der Waals surface area contributed by atoms with Crippen molar-refractivity contribution in [2.75, 3.05) is 5.73 Å². The van der Waals surface area contributed by atoms with Crippen LogP contribution in [0.2, 0.25) is 0 Å². The lowest BCUT2D eigenvalue weighted by Gasteiger charge is -2.17. The highest BCUT2D eigenvalue weighted by Crippen LogP contribution is 2.33. The number of nitrogen functional groups attached to an aromatic ring is 1. The zero-order chi connectivity index (χ0) is 12.5. The Morgan fingerprint density at radius 1 is 1.31 bits per heavy atom. The van der Waals surface area contributed by atoms with Gasteiger partial charge in [-0.05, 0) is 6.07 Å². The van der Waals surface area contributed by atoms with Gasteiger partial charge in [-0.15, -0.1) is 0 Å². The molecule has 0 fully saturated rings. The van der Waals surface area contributed by atoms with Crippen molar-refractivity contribution >= 4 is 5.69 Å². The monoisotopic (exact) mass is 233 g/mol. The van der Waals surface area contributed by atoms with Gasteiger partial charge < -0.3 is 11.5 Å². The highest BCUT2D eigenvalue weighted by Gasteiger charge is 2.39. The van der Waals surface area contributed by atoms with E-state index in [1.807, 2.05) is 0 Å². The third-order valence-corrected chi connectivity index (χ3v) is 2.00. The molecule has 0 bridgehead atoms. The molecule has 0 aromatic heterocycles. The van der Waals surface area contributed by atoms with Crippen LogP contribution in [0.4, 0.5) is 23.2 Å². The van der Waals surface area contributed by atoms with E-state index in [1.165, 1.54) is 6.07 Å². The summed E-state index contributed by atoms with van der Waals surface area (Å²) in [7, 11) is 0. The van der Waals surface area contributed by atoms with Crippen molar-refractivity contribution in [3.63, 3.8) is 0 Å². The van der Waals surface area contributed by atoms with Crippen LogP contribution in [0.25, 0.3) is 0 Å². The molecule has 3 nitrogen and oxygen atoms in total. The number of anilines is 1. The van der Waals surface area contributed by atoms with Crippen molar-refractivity contribution < 1.29 is 17.6 Å². The molecule has 4 N–H and O–H groups in total. The number of halogens is 4. The van der Waals surface area contributed by atoms with Crippen molar-refractivity contribution in [3.05, 3.63) is 29.1 Å². The lowest BCUT2D eigenvalue weighted by atomic mass is 10.0. The second kappa shape index (κ2) is 3.98. The van der Waals surface area contributed by atoms with Gasteiger partial charge in [0.15, 0.2) is 0 Å². The molecular formula is C9H7F4N3. The summed E-state index contributed by atoms with van der Waals surface area (Å²) in [5, 5.41) is 8.52. The normalized spacial score (nSPS) is 13.2. The highest BCUT2D eigenvalue weighted by atomic mass is 19.4. The smallest absolute Gasteiger partial charge is 0.398 e. The molecule has 0 radical (unpaired) electrons. The number of nitrogens with two attached hydrogens (primary N) is 2. The Labute approximate surface area is 88.3 Å². The number of nitrogens with zero attached hydrogens (tertiary/aromatic N) is 1. The summed E-state index contributed by atoms with van der Waals surface area (Å²) >= 11 is 0. The second-order valence-electron chi connectivity index (χ2n) is 3.06. The van der Waals surface area contributed by atoms with Gasteiger partial charge in [0.05, 0.1) is 5.69 Å². The summed E-state index contributed by atoms with van der Waals surface area (Å²) in [5.41, 5.74) is 8.41. The van der Waals surface area contributed by atoms with Crippen molar-refractivity contribution in [3.8, 4) is 6.07 Å². The molecule has 0 heterocycles. The zero-order valence-corrected chi connectivity index (χ0v) is 7.85. The van der Waals surface area contributed by atoms with Gasteiger partial charge in [-0.2, -0.15) is 18.4 Å². The van der Waals surface area contributed by atoms with Crippen molar-refractivity contribution in [1.29, 1.82) is 5.26 Å². The number of rotatable bonds is 1. The largest absolute Gasteiger partial charge is 0.407 e. The molecule has 1 rings (SSSR count). The Kier molecular flexibility index (Phi) is 3.05. The summed E-state index contributed by atoms with van der Waals surface area (Å²) in [5.74, 6) is -1.33. The van der Waals surface area contributed by atoms with E-state index in [-0.39, 0.29) is 5.69 Å². The third kappa shape index (κ3) is 2.06. The fourth-order valence-corrected chi connectivity index (χ4v) is 1.14. The summed E-state index contributed by atoms with van der Waals surface area (Å²) in [4.78, 5) is 0. The maximum absolute atomic E-state index is 13.4. The molecule has 0 aliphatic heterocycles. The maximum atomic E-state index is 13.4. The predicted molar refractivity (Wildman–Crippen MR) is 48.5 cm³/mol. The molecule has 1 atom stereocenters. The maximum Gasteiger partial charge on any atom is 0.407 e. The van der Waals surface area contributed by atoms with E-state index in [9.17, 15) is 17.6 Å². The van der Waals surface area contributed by atoms with Gasteiger partial charge in [-0.3, -0.25) is 0 Å². The van der Waals surface area contributed by atoms with Crippen molar-refractivity contribution in [2.45, 2.75) is 12.2 Å². The first kappa shape index (κ1) is 12.3. The first-order chi connectivity index (χ1) is 7.29. The van der Waals surface area contributed by atoms with Gasteiger partial charge in [0.2, 0.25) is 0 Å². The van der Waals surface area contributed by atoms with Gasteiger partial charge in [0.1, 0.15) is 23.5 Å². The van der Waals surface area contributed by atoms with Crippen molar-refractivity contribution in [1.82, 2.24) is 0 Å². The molecule has 7 heteroatoms. The van der Waals surface area contributed by atoms with E-state index < -0.39 is 29.2 Å². The topological polar surface area (TPSA) is 75.8 Å². The number of benzene rings is 1. The van der Waals surface area contributed by atoms with Gasteiger partial charge in [0.25, 0.3) is 0 Å². The molecule has 1 aromatic rings. The average molecular weight is 233 g/mol. The molecule has 0 aliphatic carbocycles. The minimum Gasteiger partial charge on any atom is -0.398 e. The van der Waals surface area contributed by atoms with Gasteiger partial charge in [-0.1, -0.05) is 6.07 Å². The molecule has 0 unspecified atom stereocenters. The Morgan fingerprint density at radius 3 is 2.31 bits per heavy atom. The fraction of sp³-hybridized carbons (Fsp3) is 0.222. The molecule has 0 amide bonds. The van der Waals surface area contributed by atoms with Gasteiger partial charge in [0, 0.05) is 5.56 Å². The van der Waals surface area contributed by atoms with Crippen molar-refractivity contribution in [2.24, 2.45) is 5.73 Å². The van der Waals surface area contributed by atoms with Gasteiger partial charge in [-0.25, -0.2) is 4.39 Å². The summed E-state index contributed by atoms with van der Waals surface area (Å²) in [6.45, 7) is 0. The minimum absolute atomic E-state index is 0.224. The molecule has 0 saturated carbocycles. The summed E-state index contributed by atoms with van der Waals surface area (Å²) < 4.78 is 50.2. The Bertz CT molecular complexity index is 447. The van der Waals surface area contributed by atoms with Crippen LogP contribution in [0.3, 0.4) is 0 Å². The van der Waals surface area contributed by atoms with Crippen LogP contribution >= 0.6 is 0 Å². The lowest BCUT2D eigenvalue weighted by molar-refractivity contribution is -0.149. The van der Waals surface area contributed by atoms with Crippen LogP contribution in [-0.4, -0.2) is 6.18 Å². The Hall–Kier alpha value is -1.81. The number of nitriles is 1. The van der Waals surface area contributed by atoms with Crippen LogP contribution < -0.4 is 11.5 Å². The number of alkyl halides is 3. The molecule has 0 spiro atoms. The second-order valence-corrected chi connectivity index (χ2v) is 3.06. The minimum atomic E-state index is -4.77. The van der Waals surface area contributed by atoms with Crippen LogP contribution in [0.1, 0.15) is 17.2 Å². The van der Waals surface area contributed by atoms with Gasteiger partial charge >= 0.3 is 6.18 Å². The highest BCUT2D eigenvalue weighted by molar-refractivity contribution is 5.56. The molecule has 0 aliphatic rings. The lowest BCUT2D eigenvalue weighted by Crippen LogP contribution is -2.29. The predicted octanol–water partition coefficient (Wildman–Crippen LogP) is 1.84. The van der Waals surface area contributed by atoms with Crippen LogP contribution in [0.5, 0.6) is 0 Å². The van der Waals surface area contributed by atoms with E-state index in [1.54, 1.807) is 0 Å².